The smallest absolute Gasteiger partial charge is 0.334 e. The molecule has 0 aliphatic carbocycles. The van der Waals surface area contributed by atoms with Gasteiger partial charge in [0.05, 0.1) is 18.1 Å². The lowest BCUT2D eigenvalue weighted by atomic mass is 9.94. The van der Waals surface area contributed by atoms with Crippen LogP contribution in [-0.2, 0) is 29.1 Å². The molecule has 2 saturated heterocycles. The average molecular weight is 579 g/mol. The summed E-state index contributed by atoms with van der Waals surface area (Å²) >= 11 is 0. The third-order valence-electron chi connectivity index (χ3n) is 8.30. The zero-order chi connectivity index (χ0) is 30.1. The van der Waals surface area contributed by atoms with E-state index in [1.807, 2.05) is 67.6 Å². The van der Waals surface area contributed by atoms with Gasteiger partial charge in [-0.1, -0.05) is 66.7 Å². The summed E-state index contributed by atoms with van der Waals surface area (Å²) in [5, 5.41) is 17.0. The molecule has 3 aromatic carbocycles. The molecule has 3 heterocycles. The molecular formula is C33H34N6O4. The quantitative estimate of drug-likeness (QED) is 0.363. The molecule has 0 radical (unpaired) electrons. The lowest BCUT2D eigenvalue weighted by molar-refractivity contribution is -0.196. The number of urea groups is 1. The van der Waals surface area contributed by atoms with Gasteiger partial charge in [-0.15, -0.1) is 0 Å². The Bertz CT molecular complexity index is 1640. The van der Waals surface area contributed by atoms with Crippen LogP contribution < -0.4 is 5.32 Å². The minimum atomic E-state index is -0.848. The maximum atomic E-state index is 14.3. The van der Waals surface area contributed by atoms with Crippen LogP contribution in [-0.4, -0.2) is 79.6 Å². The van der Waals surface area contributed by atoms with E-state index in [4.69, 9.17) is 0 Å². The number of fused-ring (bicyclic) bond motifs is 2. The molecule has 220 valence electrons. The predicted molar refractivity (Wildman–Crippen MR) is 161 cm³/mol. The highest BCUT2D eigenvalue weighted by molar-refractivity contribution is 5.92. The number of nitrogens with zero attached hydrogens (tertiary/aromatic N) is 5. The molecule has 1 aromatic heterocycles. The zero-order valence-electron chi connectivity index (χ0n) is 24.1. The lowest BCUT2D eigenvalue weighted by Crippen LogP contribution is -2.78. The van der Waals surface area contributed by atoms with Crippen molar-refractivity contribution in [2.24, 2.45) is 0 Å². The SMILES string of the molecule is CC1[C@@H]2N(C(=O)CN(C)N2C(=O)NCc2ccccc2)C(Cc2ccc(O)cc2)C(=O)N1Cc1cccc2cccnc12. The van der Waals surface area contributed by atoms with Crippen LogP contribution in [0.1, 0.15) is 23.6 Å². The van der Waals surface area contributed by atoms with Crippen LogP contribution in [0.4, 0.5) is 4.79 Å². The number of aromatic hydroxyl groups is 1. The van der Waals surface area contributed by atoms with E-state index in [1.165, 1.54) is 0 Å². The second kappa shape index (κ2) is 11.7. The fourth-order valence-electron chi connectivity index (χ4n) is 6.16. The second-order valence-corrected chi connectivity index (χ2v) is 11.1. The van der Waals surface area contributed by atoms with Gasteiger partial charge in [-0.2, -0.15) is 0 Å². The van der Waals surface area contributed by atoms with Crippen LogP contribution in [0, 0.1) is 0 Å². The first-order valence-electron chi connectivity index (χ1n) is 14.4. The number of para-hydroxylation sites is 1. The van der Waals surface area contributed by atoms with Gasteiger partial charge >= 0.3 is 6.03 Å². The van der Waals surface area contributed by atoms with E-state index >= 15 is 0 Å². The number of hydrazine groups is 1. The first-order valence-corrected chi connectivity index (χ1v) is 14.4. The van der Waals surface area contributed by atoms with Crippen molar-refractivity contribution in [3.05, 3.63) is 108 Å². The van der Waals surface area contributed by atoms with Crippen molar-refractivity contribution < 1.29 is 19.5 Å². The summed E-state index contributed by atoms with van der Waals surface area (Å²) in [6.07, 6.45) is 1.22. The molecule has 10 nitrogen and oxygen atoms in total. The number of piperazine rings is 1. The number of phenols is 1. The monoisotopic (exact) mass is 578 g/mol. The maximum Gasteiger partial charge on any atom is 0.334 e. The van der Waals surface area contributed by atoms with Crippen molar-refractivity contribution in [2.45, 2.75) is 44.7 Å². The summed E-state index contributed by atoms with van der Waals surface area (Å²) in [5.74, 6) is -0.311. The van der Waals surface area contributed by atoms with Gasteiger partial charge in [0, 0.05) is 38.1 Å². The third-order valence-corrected chi connectivity index (χ3v) is 8.30. The average Bonchev–Trinajstić information content (AvgIpc) is 3.01. The summed E-state index contributed by atoms with van der Waals surface area (Å²) in [6.45, 7) is 2.42. The van der Waals surface area contributed by atoms with E-state index in [-0.39, 0.29) is 43.1 Å². The number of benzene rings is 3. The summed E-state index contributed by atoms with van der Waals surface area (Å²) < 4.78 is 0. The second-order valence-electron chi connectivity index (χ2n) is 11.1. The Morgan fingerprint density at radius 3 is 2.47 bits per heavy atom. The van der Waals surface area contributed by atoms with Crippen molar-refractivity contribution >= 4 is 28.7 Å². The molecule has 43 heavy (non-hydrogen) atoms. The molecule has 2 aliphatic rings. The minimum absolute atomic E-state index is 0.0470. The van der Waals surface area contributed by atoms with Gasteiger partial charge < -0.3 is 20.2 Å². The molecule has 0 bridgehead atoms. The van der Waals surface area contributed by atoms with Crippen molar-refractivity contribution in [3.63, 3.8) is 0 Å². The molecule has 2 aliphatic heterocycles. The van der Waals surface area contributed by atoms with Crippen LogP contribution in [0.5, 0.6) is 5.75 Å². The number of nitrogens with one attached hydrogen (secondary N) is 1. The Morgan fingerprint density at radius 1 is 0.953 bits per heavy atom. The normalized spacial score (nSPS) is 20.8. The number of aromatic nitrogens is 1. The molecule has 2 fully saturated rings. The summed E-state index contributed by atoms with van der Waals surface area (Å²) in [5.41, 5.74) is 3.43. The summed E-state index contributed by atoms with van der Waals surface area (Å²) in [6, 6.07) is 24.3. The van der Waals surface area contributed by atoms with Gasteiger partial charge in [-0.05, 0) is 41.8 Å². The zero-order valence-corrected chi connectivity index (χ0v) is 24.1. The Kier molecular flexibility index (Phi) is 7.69. The van der Waals surface area contributed by atoms with Crippen molar-refractivity contribution in [2.75, 3.05) is 13.6 Å². The predicted octanol–water partition coefficient (Wildman–Crippen LogP) is 3.51. The molecular weight excluding hydrogens is 544 g/mol. The topological polar surface area (TPSA) is 109 Å². The van der Waals surface area contributed by atoms with Gasteiger partial charge in [0.25, 0.3) is 0 Å². The highest BCUT2D eigenvalue weighted by Gasteiger charge is 2.54. The molecule has 4 aromatic rings. The highest BCUT2D eigenvalue weighted by Crippen LogP contribution is 2.33. The molecule has 0 saturated carbocycles. The third kappa shape index (κ3) is 5.49. The first-order chi connectivity index (χ1) is 20.8. The number of amides is 4. The number of hydrogen-bond acceptors (Lipinski definition) is 6. The number of pyridine rings is 1. The van der Waals surface area contributed by atoms with Crippen LogP contribution in [0.2, 0.25) is 0 Å². The lowest BCUT2D eigenvalue weighted by Gasteiger charge is -2.57. The van der Waals surface area contributed by atoms with E-state index in [0.717, 1.165) is 27.6 Å². The Labute approximate surface area is 250 Å². The van der Waals surface area contributed by atoms with Crippen molar-refractivity contribution in [1.29, 1.82) is 0 Å². The first kappa shape index (κ1) is 28.2. The van der Waals surface area contributed by atoms with Crippen LogP contribution in [0.15, 0.2) is 91.1 Å². The van der Waals surface area contributed by atoms with E-state index in [9.17, 15) is 19.5 Å². The van der Waals surface area contributed by atoms with Crippen molar-refractivity contribution in [3.8, 4) is 5.75 Å². The number of carbonyl (C=O) groups is 3. The van der Waals surface area contributed by atoms with E-state index in [2.05, 4.69) is 10.3 Å². The van der Waals surface area contributed by atoms with E-state index in [1.54, 1.807) is 57.3 Å². The fourth-order valence-corrected chi connectivity index (χ4v) is 6.16. The van der Waals surface area contributed by atoms with Gasteiger partial charge in [-0.25, -0.2) is 14.8 Å². The summed E-state index contributed by atoms with van der Waals surface area (Å²) in [4.78, 5) is 49.8. The number of hydrogen-bond donors (Lipinski definition) is 2. The Hall–Kier alpha value is -4.96. The number of likely N-dealkylation sites (N-methyl/N-ethyl adjacent to an activating group) is 1. The van der Waals surface area contributed by atoms with Gasteiger partial charge in [-0.3, -0.25) is 14.6 Å². The Morgan fingerprint density at radius 2 is 1.70 bits per heavy atom. The summed E-state index contributed by atoms with van der Waals surface area (Å²) in [7, 11) is 1.72. The van der Waals surface area contributed by atoms with E-state index < -0.39 is 18.2 Å². The largest absolute Gasteiger partial charge is 0.508 e. The molecule has 0 spiro atoms. The molecule has 3 atom stereocenters. The molecule has 6 rings (SSSR count). The molecule has 4 amide bonds. The van der Waals surface area contributed by atoms with Gasteiger partial charge in [0.1, 0.15) is 18.0 Å². The van der Waals surface area contributed by atoms with Crippen molar-refractivity contribution in [1.82, 2.24) is 30.1 Å². The number of rotatable bonds is 6. The van der Waals surface area contributed by atoms with E-state index in [0.29, 0.717) is 6.54 Å². The molecule has 2 unspecified atom stereocenters. The molecule has 10 heteroatoms. The van der Waals surface area contributed by atoms with Crippen LogP contribution in [0.25, 0.3) is 10.9 Å². The maximum absolute atomic E-state index is 14.3. The Balaban J connectivity index is 1.38. The van der Waals surface area contributed by atoms with Crippen LogP contribution >= 0.6 is 0 Å². The van der Waals surface area contributed by atoms with Gasteiger partial charge in [0.2, 0.25) is 11.8 Å². The fraction of sp³-hybridized carbons (Fsp3) is 0.273. The molecule has 2 N–H and O–H groups in total. The van der Waals surface area contributed by atoms with Gasteiger partial charge in [0.15, 0.2) is 0 Å². The number of carbonyl (C=O) groups excluding carboxylic acids is 3. The minimum Gasteiger partial charge on any atom is -0.508 e. The van der Waals surface area contributed by atoms with Crippen LogP contribution in [0.3, 0.4) is 0 Å². The number of phenolic OH excluding ortho intramolecular Hbond substituents is 1. The standard InChI is InChI=1S/C33H34N6O4/c1-22-31-38(29(41)21-36(2)39(31)33(43)35-19-24-8-4-3-5-9-24)28(18-23-13-15-27(40)16-14-23)32(42)37(22)20-26-11-6-10-25-12-7-17-34-30(25)26/h3-17,22,28,31,40H,18-21H2,1-2H3,(H,35,43)/t22?,28?,31-/m1/s1. The highest BCUT2D eigenvalue weighted by atomic mass is 16.3.